The van der Waals surface area contributed by atoms with Gasteiger partial charge in [0, 0.05) is 11.3 Å². The number of aliphatic hydroxyl groups is 1. The maximum Gasteiger partial charge on any atom is 0.333 e. The lowest BCUT2D eigenvalue weighted by atomic mass is 10.2. The highest BCUT2D eigenvalue weighted by atomic mass is 32.2. The average molecular weight is 286 g/mol. The number of nitrogens with zero attached hydrogens (tertiary/aromatic N) is 1. The molecule has 0 aromatic heterocycles. The number of nitrogens with one attached hydrogen (secondary N) is 1. The topological polar surface area (TPSA) is 84.6 Å². The molecule has 6 nitrogen and oxygen atoms in total. The fraction of sp³-hybridized carbons (Fsp3) is 0.500. The van der Waals surface area contributed by atoms with E-state index in [4.69, 9.17) is 4.74 Å². The van der Waals surface area contributed by atoms with E-state index in [1.807, 2.05) is 13.2 Å². The van der Waals surface area contributed by atoms with Crippen LogP contribution in [-0.2, 0) is 0 Å². The van der Waals surface area contributed by atoms with Gasteiger partial charge in [-0.2, -0.15) is 11.8 Å². The minimum atomic E-state index is -0.471. The van der Waals surface area contributed by atoms with Crippen LogP contribution in [-0.4, -0.2) is 41.3 Å². The first-order chi connectivity index (χ1) is 9.04. The molecule has 0 bridgehead atoms. The van der Waals surface area contributed by atoms with Gasteiger partial charge in [0.05, 0.1) is 18.6 Å². The number of aliphatic hydroxyl groups excluding tert-OH is 1. The van der Waals surface area contributed by atoms with E-state index >= 15 is 0 Å². The van der Waals surface area contributed by atoms with Crippen LogP contribution in [0.15, 0.2) is 18.2 Å². The van der Waals surface area contributed by atoms with Gasteiger partial charge < -0.3 is 15.2 Å². The second kappa shape index (κ2) is 7.20. The predicted octanol–water partition coefficient (Wildman–Crippen LogP) is 2.13. The van der Waals surface area contributed by atoms with Crippen molar-refractivity contribution in [2.45, 2.75) is 18.2 Å². The van der Waals surface area contributed by atoms with Crippen LogP contribution in [0, 0.1) is 10.1 Å². The summed E-state index contributed by atoms with van der Waals surface area (Å²) in [5.41, 5.74) is 0.305. The molecule has 106 valence electrons. The second-order valence-electron chi connectivity index (χ2n) is 4.00. The molecule has 0 amide bonds. The number of nitro groups is 1. The van der Waals surface area contributed by atoms with Crippen molar-refractivity contribution in [1.29, 1.82) is 0 Å². The smallest absolute Gasteiger partial charge is 0.333 e. The molecule has 1 rings (SSSR count). The Morgan fingerprint density at radius 2 is 2.26 bits per heavy atom. The number of hydrogen-bond donors (Lipinski definition) is 2. The Hall–Kier alpha value is -1.47. The van der Waals surface area contributed by atoms with E-state index in [0.717, 1.165) is 0 Å². The fourth-order valence-electron chi connectivity index (χ4n) is 1.77. The highest BCUT2D eigenvalue weighted by molar-refractivity contribution is 7.99. The molecule has 1 aromatic carbocycles. The molecule has 0 saturated carbocycles. The number of anilines is 1. The Morgan fingerprint density at radius 3 is 2.74 bits per heavy atom. The number of rotatable bonds is 7. The lowest BCUT2D eigenvalue weighted by Crippen LogP contribution is -2.31. The molecule has 2 unspecified atom stereocenters. The summed E-state index contributed by atoms with van der Waals surface area (Å²) in [6, 6.07) is 4.76. The van der Waals surface area contributed by atoms with Gasteiger partial charge in [-0.15, -0.1) is 0 Å². The first-order valence-corrected chi connectivity index (χ1v) is 7.05. The van der Waals surface area contributed by atoms with E-state index in [-0.39, 0.29) is 29.3 Å². The molecule has 19 heavy (non-hydrogen) atoms. The average Bonchev–Trinajstić information content (AvgIpc) is 2.39. The highest BCUT2D eigenvalue weighted by Crippen LogP contribution is 2.35. The molecule has 0 aliphatic rings. The Kier molecular flexibility index (Phi) is 5.91. The lowest BCUT2D eigenvalue weighted by Gasteiger charge is -2.22. The minimum absolute atomic E-state index is 0.00704. The molecule has 2 N–H and O–H groups in total. The van der Waals surface area contributed by atoms with Crippen LogP contribution in [0.1, 0.15) is 6.92 Å². The Bertz CT molecular complexity index is 438. The largest absolute Gasteiger partial charge is 0.490 e. The second-order valence-corrected chi connectivity index (χ2v) is 5.08. The summed E-state index contributed by atoms with van der Waals surface area (Å²) in [5.74, 6) is 0.215. The van der Waals surface area contributed by atoms with Crippen molar-refractivity contribution in [3.05, 3.63) is 28.3 Å². The molecule has 0 aliphatic carbocycles. The number of thioether (sulfide) groups is 1. The first-order valence-electron chi connectivity index (χ1n) is 5.76. The van der Waals surface area contributed by atoms with Crippen LogP contribution >= 0.6 is 11.8 Å². The highest BCUT2D eigenvalue weighted by Gasteiger charge is 2.23. The number of ether oxygens (including phenoxy) is 1. The number of methoxy groups -OCH3 is 1. The SMILES string of the molecule is COc1cccc(NC(C)C(CO)SC)c1[N+](=O)[O-]. The van der Waals surface area contributed by atoms with Crippen molar-refractivity contribution in [2.75, 3.05) is 25.3 Å². The Labute approximate surface area is 116 Å². The van der Waals surface area contributed by atoms with Gasteiger partial charge in [-0.1, -0.05) is 6.07 Å². The fourth-order valence-corrected chi connectivity index (χ4v) is 2.39. The van der Waals surface area contributed by atoms with E-state index in [2.05, 4.69) is 5.32 Å². The van der Waals surface area contributed by atoms with Gasteiger partial charge in [-0.3, -0.25) is 10.1 Å². The number of benzene rings is 1. The molecule has 0 radical (unpaired) electrons. The first kappa shape index (κ1) is 15.6. The summed E-state index contributed by atoms with van der Waals surface area (Å²) in [4.78, 5) is 10.7. The molecule has 2 atom stereocenters. The van der Waals surface area contributed by atoms with Crippen LogP contribution < -0.4 is 10.1 Å². The van der Waals surface area contributed by atoms with Gasteiger partial charge in [-0.05, 0) is 25.3 Å². The van der Waals surface area contributed by atoms with Gasteiger partial charge in [0.2, 0.25) is 0 Å². The third kappa shape index (κ3) is 3.74. The van der Waals surface area contributed by atoms with Crippen molar-refractivity contribution < 1.29 is 14.8 Å². The summed E-state index contributed by atoms with van der Waals surface area (Å²) in [6.45, 7) is 1.88. The van der Waals surface area contributed by atoms with E-state index in [9.17, 15) is 15.2 Å². The van der Waals surface area contributed by atoms with Crippen LogP contribution in [0.25, 0.3) is 0 Å². The lowest BCUT2D eigenvalue weighted by molar-refractivity contribution is -0.384. The summed E-state index contributed by atoms with van der Waals surface area (Å²) in [6.07, 6.45) is 1.89. The van der Waals surface area contributed by atoms with E-state index in [0.29, 0.717) is 5.69 Å². The Balaban J connectivity index is 3.03. The molecule has 0 fully saturated rings. The number of nitro benzene ring substituents is 1. The maximum atomic E-state index is 11.1. The van der Waals surface area contributed by atoms with Gasteiger partial charge in [0.1, 0.15) is 5.69 Å². The van der Waals surface area contributed by atoms with Crippen molar-refractivity contribution in [2.24, 2.45) is 0 Å². The Morgan fingerprint density at radius 1 is 1.58 bits per heavy atom. The van der Waals surface area contributed by atoms with Crippen LogP contribution in [0.5, 0.6) is 5.75 Å². The van der Waals surface area contributed by atoms with E-state index in [1.165, 1.54) is 18.9 Å². The molecular weight excluding hydrogens is 268 g/mol. The zero-order valence-electron chi connectivity index (χ0n) is 11.1. The maximum absolute atomic E-state index is 11.1. The molecule has 1 aromatic rings. The molecule has 0 heterocycles. The molecule has 0 saturated heterocycles. The molecular formula is C12H18N2O4S. The van der Waals surface area contributed by atoms with Gasteiger partial charge >= 0.3 is 5.69 Å². The normalized spacial score (nSPS) is 13.7. The van der Waals surface area contributed by atoms with Crippen LogP contribution in [0.4, 0.5) is 11.4 Å². The summed E-state index contributed by atoms with van der Waals surface area (Å²) in [7, 11) is 1.40. The molecule has 0 spiro atoms. The van der Waals surface area contributed by atoms with Gasteiger partial charge in [0.25, 0.3) is 0 Å². The van der Waals surface area contributed by atoms with Crippen LogP contribution in [0.3, 0.4) is 0 Å². The van der Waals surface area contributed by atoms with Crippen molar-refractivity contribution in [1.82, 2.24) is 0 Å². The quantitative estimate of drug-likeness (QED) is 0.590. The van der Waals surface area contributed by atoms with Gasteiger partial charge in [-0.25, -0.2) is 0 Å². The number of hydrogen-bond acceptors (Lipinski definition) is 6. The van der Waals surface area contributed by atoms with Crippen molar-refractivity contribution >= 4 is 23.1 Å². The third-order valence-electron chi connectivity index (χ3n) is 2.83. The molecule has 0 aliphatic heterocycles. The standard InChI is InChI=1S/C12H18N2O4S/c1-8(11(7-15)19-3)13-9-5-4-6-10(18-2)12(9)14(16)17/h4-6,8,11,13,15H,7H2,1-3H3. The van der Waals surface area contributed by atoms with E-state index < -0.39 is 4.92 Å². The molecule has 7 heteroatoms. The zero-order valence-corrected chi connectivity index (χ0v) is 11.9. The predicted molar refractivity (Wildman–Crippen MR) is 77.1 cm³/mol. The van der Waals surface area contributed by atoms with Crippen molar-refractivity contribution in [3.8, 4) is 5.75 Å². The van der Waals surface area contributed by atoms with Crippen LogP contribution in [0.2, 0.25) is 0 Å². The summed E-state index contributed by atoms with van der Waals surface area (Å²) >= 11 is 1.51. The zero-order chi connectivity index (χ0) is 14.4. The third-order valence-corrected chi connectivity index (χ3v) is 3.99. The summed E-state index contributed by atoms with van der Waals surface area (Å²) < 4.78 is 5.01. The summed E-state index contributed by atoms with van der Waals surface area (Å²) in [5, 5.41) is 23.4. The van der Waals surface area contributed by atoms with Crippen molar-refractivity contribution in [3.63, 3.8) is 0 Å². The number of para-hydroxylation sites is 1. The van der Waals surface area contributed by atoms with Gasteiger partial charge in [0.15, 0.2) is 5.75 Å². The monoisotopic (exact) mass is 286 g/mol. The van der Waals surface area contributed by atoms with E-state index in [1.54, 1.807) is 18.2 Å². The minimum Gasteiger partial charge on any atom is -0.490 e.